The molecule has 3 aliphatic heterocycles. The van der Waals surface area contributed by atoms with E-state index >= 15 is 0 Å². The molecule has 0 aliphatic carbocycles. The van der Waals surface area contributed by atoms with Crippen molar-refractivity contribution in [1.29, 1.82) is 0 Å². The van der Waals surface area contributed by atoms with E-state index in [4.69, 9.17) is 9.47 Å². The van der Waals surface area contributed by atoms with Crippen molar-refractivity contribution in [2.45, 2.75) is 50.7 Å². The highest BCUT2D eigenvalue weighted by atomic mass is 16.5. The molecule has 0 spiro atoms. The number of methoxy groups -OCH3 is 2. The minimum Gasteiger partial charge on any atom is -0.493 e. The van der Waals surface area contributed by atoms with Crippen molar-refractivity contribution < 1.29 is 19.1 Å². The highest BCUT2D eigenvalue weighted by Crippen LogP contribution is 2.29. The lowest BCUT2D eigenvalue weighted by atomic mass is 10.0. The maximum absolute atomic E-state index is 13.1. The molecule has 2 amide bonds. The number of piperazine rings is 1. The van der Waals surface area contributed by atoms with Gasteiger partial charge >= 0.3 is 0 Å². The van der Waals surface area contributed by atoms with Gasteiger partial charge in [-0.1, -0.05) is 6.07 Å². The fraction of sp³-hybridized carbons (Fsp3) is 0.667. The van der Waals surface area contributed by atoms with Gasteiger partial charge in [0.15, 0.2) is 11.5 Å². The molecule has 4 rings (SSSR count). The van der Waals surface area contributed by atoms with Crippen molar-refractivity contribution in [3.05, 3.63) is 23.8 Å². The SMILES string of the molecule is COc1ccc(CN2CCNC(=O)C2CC(=O)N2CCC(N3CCCC3)CC2)cc1OC. The van der Waals surface area contributed by atoms with E-state index in [1.165, 1.54) is 25.9 Å². The van der Waals surface area contributed by atoms with Crippen molar-refractivity contribution in [1.82, 2.24) is 20.0 Å². The number of piperidine rings is 1. The topological polar surface area (TPSA) is 74.4 Å². The molecule has 1 aromatic carbocycles. The van der Waals surface area contributed by atoms with Gasteiger partial charge in [0.2, 0.25) is 11.8 Å². The highest BCUT2D eigenvalue weighted by Gasteiger charge is 2.34. The van der Waals surface area contributed by atoms with Crippen molar-refractivity contribution in [2.24, 2.45) is 0 Å². The van der Waals surface area contributed by atoms with E-state index in [9.17, 15) is 9.59 Å². The number of hydrogen-bond donors (Lipinski definition) is 1. The Hall–Kier alpha value is -2.32. The predicted octanol–water partition coefficient (Wildman–Crippen LogP) is 1.48. The molecule has 3 saturated heterocycles. The fourth-order valence-corrected chi connectivity index (χ4v) is 5.27. The van der Waals surface area contributed by atoms with Crippen LogP contribution in [0.3, 0.4) is 0 Å². The molecule has 1 N–H and O–H groups in total. The molecule has 176 valence electrons. The Morgan fingerprint density at radius 2 is 1.75 bits per heavy atom. The molecule has 0 aromatic heterocycles. The van der Waals surface area contributed by atoms with Crippen LogP contribution in [0.4, 0.5) is 0 Å². The molecule has 3 fully saturated rings. The quantitative estimate of drug-likeness (QED) is 0.687. The van der Waals surface area contributed by atoms with Crippen LogP contribution in [0.25, 0.3) is 0 Å². The Balaban J connectivity index is 1.36. The van der Waals surface area contributed by atoms with Gasteiger partial charge in [-0.15, -0.1) is 0 Å². The summed E-state index contributed by atoms with van der Waals surface area (Å²) in [4.78, 5) is 32.4. The molecule has 32 heavy (non-hydrogen) atoms. The minimum atomic E-state index is -0.444. The largest absolute Gasteiger partial charge is 0.493 e. The molecule has 1 aromatic rings. The summed E-state index contributed by atoms with van der Waals surface area (Å²) in [5.41, 5.74) is 1.03. The molecule has 0 bridgehead atoms. The number of likely N-dealkylation sites (tertiary alicyclic amines) is 2. The van der Waals surface area contributed by atoms with E-state index in [0.717, 1.165) is 38.0 Å². The van der Waals surface area contributed by atoms with Crippen LogP contribution in [0.1, 0.15) is 37.7 Å². The molecule has 3 heterocycles. The lowest BCUT2D eigenvalue weighted by Gasteiger charge is -2.39. The van der Waals surface area contributed by atoms with Crippen LogP contribution < -0.4 is 14.8 Å². The number of ether oxygens (including phenoxy) is 2. The molecule has 1 atom stereocenters. The summed E-state index contributed by atoms with van der Waals surface area (Å²) in [6.45, 7) is 5.89. The van der Waals surface area contributed by atoms with Crippen molar-refractivity contribution in [3.63, 3.8) is 0 Å². The van der Waals surface area contributed by atoms with Gasteiger partial charge < -0.3 is 24.6 Å². The first-order valence-corrected chi connectivity index (χ1v) is 11.8. The molecule has 3 aliphatic rings. The van der Waals surface area contributed by atoms with Gasteiger partial charge in [0.05, 0.1) is 26.7 Å². The van der Waals surface area contributed by atoms with E-state index in [-0.39, 0.29) is 18.2 Å². The fourth-order valence-electron chi connectivity index (χ4n) is 5.27. The Kier molecular flexibility index (Phi) is 7.52. The normalized spacial score (nSPS) is 23.2. The Morgan fingerprint density at radius 3 is 2.44 bits per heavy atom. The summed E-state index contributed by atoms with van der Waals surface area (Å²) < 4.78 is 10.7. The summed E-state index contributed by atoms with van der Waals surface area (Å²) in [6, 6.07) is 5.97. The zero-order valence-electron chi connectivity index (χ0n) is 19.3. The molecule has 1 unspecified atom stereocenters. The number of benzene rings is 1. The minimum absolute atomic E-state index is 0.0583. The molecule has 0 radical (unpaired) electrons. The summed E-state index contributed by atoms with van der Waals surface area (Å²) in [6.07, 6.45) is 4.90. The number of nitrogens with zero attached hydrogens (tertiary/aromatic N) is 3. The summed E-state index contributed by atoms with van der Waals surface area (Å²) in [5.74, 6) is 1.37. The van der Waals surface area contributed by atoms with Gasteiger partial charge in [0.25, 0.3) is 0 Å². The lowest BCUT2D eigenvalue weighted by Crippen LogP contribution is -2.56. The molecule has 8 nitrogen and oxygen atoms in total. The number of carbonyl (C=O) groups is 2. The third-order valence-electron chi connectivity index (χ3n) is 7.12. The summed E-state index contributed by atoms with van der Waals surface area (Å²) in [7, 11) is 3.23. The van der Waals surface area contributed by atoms with Crippen molar-refractivity contribution in [3.8, 4) is 11.5 Å². The Morgan fingerprint density at radius 1 is 1.03 bits per heavy atom. The lowest BCUT2D eigenvalue weighted by molar-refractivity contribution is -0.140. The average molecular weight is 445 g/mol. The number of rotatable bonds is 7. The van der Waals surface area contributed by atoms with Crippen molar-refractivity contribution in [2.75, 3.05) is 53.5 Å². The smallest absolute Gasteiger partial charge is 0.237 e. The maximum atomic E-state index is 13.1. The predicted molar refractivity (Wildman–Crippen MR) is 122 cm³/mol. The number of carbonyl (C=O) groups excluding carboxylic acids is 2. The second-order valence-corrected chi connectivity index (χ2v) is 9.03. The standard InChI is InChI=1S/C24H36N4O4/c1-31-21-6-5-18(15-22(21)32-2)17-28-14-9-25-24(30)20(28)16-23(29)27-12-7-19(8-13-27)26-10-3-4-11-26/h5-6,15,19-20H,3-4,7-14,16-17H2,1-2H3,(H,25,30). The maximum Gasteiger partial charge on any atom is 0.237 e. The van der Waals surface area contributed by atoms with Crippen LogP contribution in [-0.4, -0.2) is 92.1 Å². The average Bonchev–Trinajstić information content (AvgIpc) is 3.36. The summed E-state index contributed by atoms with van der Waals surface area (Å²) >= 11 is 0. The zero-order chi connectivity index (χ0) is 22.5. The van der Waals surface area contributed by atoms with Crippen LogP contribution >= 0.6 is 0 Å². The van der Waals surface area contributed by atoms with Gasteiger partial charge in [-0.25, -0.2) is 0 Å². The van der Waals surface area contributed by atoms with Crippen LogP contribution in [0.15, 0.2) is 18.2 Å². The van der Waals surface area contributed by atoms with E-state index < -0.39 is 6.04 Å². The Labute approximate surface area is 190 Å². The zero-order valence-corrected chi connectivity index (χ0v) is 19.3. The van der Waals surface area contributed by atoms with Gasteiger partial charge in [-0.05, 0) is 56.5 Å². The van der Waals surface area contributed by atoms with Gasteiger partial charge in [0, 0.05) is 38.8 Å². The van der Waals surface area contributed by atoms with Crippen LogP contribution in [0, 0.1) is 0 Å². The number of hydrogen-bond acceptors (Lipinski definition) is 6. The van der Waals surface area contributed by atoms with Gasteiger partial charge in [-0.2, -0.15) is 0 Å². The number of nitrogens with one attached hydrogen (secondary N) is 1. The molecule has 8 heteroatoms. The number of amides is 2. The monoisotopic (exact) mass is 444 g/mol. The molecular weight excluding hydrogens is 408 g/mol. The third kappa shape index (κ3) is 5.18. The Bertz CT molecular complexity index is 803. The van der Waals surface area contributed by atoms with Crippen LogP contribution in [-0.2, 0) is 16.1 Å². The van der Waals surface area contributed by atoms with Crippen LogP contribution in [0.5, 0.6) is 11.5 Å². The third-order valence-corrected chi connectivity index (χ3v) is 7.12. The second-order valence-electron chi connectivity index (χ2n) is 9.03. The highest BCUT2D eigenvalue weighted by molar-refractivity contribution is 5.88. The molecular formula is C24H36N4O4. The van der Waals surface area contributed by atoms with Gasteiger partial charge in [0.1, 0.15) is 0 Å². The van der Waals surface area contributed by atoms with E-state index in [0.29, 0.717) is 30.6 Å². The van der Waals surface area contributed by atoms with Crippen LogP contribution in [0.2, 0.25) is 0 Å². The van der Waals surface area contributed by atoms with Crippen molar-refractivity contribution >= 4 is 11.8 Å². The van der Waals surface area contributed by atoms with Gasteiger partial charge in [-0.3, -0.25) is 14.5 Å². The van der Waals surface area contributed by atoms with E-state index in [2.05, 4.69) is 15.1 Å². The first kappa shape index (κ1) is 22.9. The first-order chi connectivity index (χ1) is 15.6. The summed E-state index contributed by atoms with van der Waals surface area (Å²) in [5, 5.41) is 2.94. The molecule has 0 saturated carbocycles. The first-order valence-electron chi connectivity index (χ1n) is 11.8. The van der Waals surface area contributed by atoms with E-state index in [1.807, 2.05) is 23.1 Å². The second kappa shape index (κ2) is 10.5. The van der Waals surface area contributed by atoms with E-state index in [1.54, 1.807) is 14.2 Å².